The minimum atomic E-state index is -0.852. The van der Waals surface area contributed by atoms with Gasteiger partial charge in [-0.2, -0.15) is 0 Å². The van der Waals surface area contributed by atoms with Crippen LogP contribution in [0, 0.1) is 0 Å². The number of aromatic nitrogens is 2. The number of benzene rings is 1. The lowest BCUT2D eigenvalue weighted by Crippen LogP contribution is -2.20. The first kappa shape index (κ1) is 14.5. The molecule has 1 heterocycles. The quantitative estimate of drug-likeness (QED) is 0.877. The number of hydrogen-bond acceptors (Lipinski definition) is 4. The van der Waals surface area contributed by atoms with Crippen LogP contribution in [0.1, 0.15) is 13.3 Å². The van der Waals surface area contributed by atoms with Crippen LogP contribution in [-0.2, 0) is 4.79 Å². The summed E-state index contributed by atoms with van der Waals surface area (Å²) in [5.41, 5.74) is 1.91. The van der Waals surface area contributed by atoms with E-state index in [1.165, 1.54) is 0 Å². The molecule has 5 nitrogen and oxygen atoms in total. The van der Waals surface area contributed by atoms with Crippen molar-refractivity contribution in [3.63, 3.8) is 0 Å². The van der Waals surface area contributed by atoms with Crippen molar-refractivity contribution in [1.29, 1.82) is 0 Å². The smallest absolute Gasteiger partial charge is 0.305 e. The summed E-state index contributed by atoms with van der Waals surface area (Å²) in [6.07, 6.45) is 3.45. The zero-order valence-electron chi connectivity index (χ0n) is 10.9. The Labute approximate surface area is 125 Å². The molecule has 1 atom stereocenters. The third-order valence-corrected chi connectivity index (χ3v) is 3.38. The molecule has 0 radical (unpaired) electrons. The largest absolute Gasteiger partial charge is 0.481 e. The lowest BCUT2D eigenvalue weighted by atomic mass is 10.1. The lowest BCUT2D eigenvalue weighted by molar-refractivity contribution is -0.137. The van der Waals surface area contributed by atoms with Crippen molar-refractivity contribution in [2.45, 2.75) is 19.4 Å². The molecule has 20 heavy (non-hydrogen) atoms. The summed E-state index contributed by atoms with van der Waals surface area (Å²) in [4.78, 5) is 19.0. The minimum Gasteiger partial charge on any atom is -0.481 e. The number of carboxylic acids is 1. The predicted octanol–water partition coefficient (Wildman–Crippen LogP) is 3.18. The Morgan fingerprint density at radius 3 is 2.60 bits per heavy atom. The number of rotatable bonds is 5. The van der Waals surface area contributed by atoms with Crippen LogP contribution in [0.2, 0.25) is 0 Å². The second-order valence-corrected chi connectivity index (χ2v) is 5.27. The molecule has 1 aromatic carbocycles. The summed E-state index contributed by atoms with van der Waals surface area (Å²) >= 11 is 3.48. The molecule has 0 amide bonds. The van der Waals surface area contributed by atoms with Crippen molar-refractivity contribution in [1.82, 2.24) is 9.97 Å². The maximum absolute atomic E-state index is 10.6. The van der Waals surface area contributed by atoms with Gasteiger partial charge in [0.1, 0.15) is 0 Å². The molecule has 0 saturated heterocycles. The Morgan fingerprint density at radius 2 is 2.00 bits per heavy atom. The van der Waals surface area contributed by atoms with Gasteiger partial charge in [0.2, 0.25) is 5.95 Å². The standard InChI is InChI=1S/C14H14BrN3O2/c1-9(6-13(19)20)18-14-16-7-10(8-17-14)11-4-2-3-5-12(11)15/h2-5,7-9H,6H2,1H3,(H,19,20)(H,16,17,18). The first-order valence-corrected chi connectivity index (χ1v) is 6.91. The second-order valence-electron chi connectivity index (χ2n) is 4.42. The molecular formula is C14H14BrN3O2. The zero-order chi connectivity index (χ0) is 14.5. The van der Waals surface area contributed by atoms with Gasteiger partial charge in [0.15, 0.2) is 0 Å². The van der Waals surface area contributed by atoms with Crippen LogP contribution in [0.3, 0.4) is 0 Å². The van der Waals surface area contributed by atoms with Crippen molar-refractivity contribution >= 4 is 27.8 Å². The van der Waals surface area contributed by atoms with Crippen LogP contribution in [0.15, 0.2) is 41.1 Å². The molecule has 1 unspecified atom stereocenters. The normalized spacial score (nSPS) is 11.9. The van der Waals surface area contributed by atoms with Gasteiger partial charge in [-0.25, -0.2) is 9.97 Å². The van der Waals surface area contributed by atoms with Gasteiger partial charge in [-0.15, -0.1) is 0 Å². The van der Waals surface area contributed by atoms with Gasteiger partial charge in [0, 0.05) is 28.5 Å². The maximum Gasteiger partial charge on any atom is 0.305 e. The van der Waals surface area contributed by atoms with E-state index in [4.69, 9.17) is 5.11 Å². The van der Waals surface area contributed by atoms with Crippen LogP contribution in [-0.4, -0.2) is 27.1 Å². The van der Waals surface area contributed by atoms with Gasteiger partial charge in [0.05, 0.1) is 6.42 Å². The van der Waals surface area contributed by atoms with Gasteiger partial charge in [0.25, 0.3) is 0 Å². The Hall–Kier alpha value is -1.95. The molecule has 2 N–H and O–H groups in total. The van der Waals surface area contributed by atoms with Crippen molar-refractivity contribution in [2.24, 2.45) is 0 Å². The first-order valence-electron chi connectivity index (χ1n) is 6.11. The van der Waals surface area contributed by atoms with Gasteiger partial charge < -0.3 is 10.4 Å². The number of hydrogen-bond donors (Lipinski definition) is 2. The van der Waals surface area contributed by atoms with Crippen LogP contribution in [0.5, 0.6) is 0 Å². The van der Waals surface area contributed by atoms with E-state index in [0.717, 1.165) is 15.6 Å². The van der Waals surface area contributed by atoms with Crippen LogP contribution in [0.4, 0.5) is 5.95 Å². The van der Waals surface area contributed by atoms with E-state index >= 15 is 0 Å². The molecule has 0 bridgehead atoms. The number of carbonyl (C=O) groups is 1. The van der Waals surface area contributed by atoms with E-state index in [1.54, 1.807) is 19.3 Å². The molecule has 0 aliphatic heterocycles. The first-order chi connectivity index (χ1) is 9.56. The fourth-order valence-electron chi connectivity index (χ4n) is 1.77. The number of aliphatic carboxylic acids is 1. The minimum absolute atomic E-state index is 0.0232. The SMILES string of the molecule is CC(CC(=O)O)Nc1ncc(-c2ccccc2Br)cn1. The van der Waals surface area contributed by atoms with Gasteiger partial charge >= 0.3 is 5.97 Å². The highest BCUT2D eigenvalue weighted by atomic mass is 79.9. The number of carboxylic acid groups (broad SMARTS) is 1. The van der Waals surface area contributed by atoms with E-state index < -0.39 is 5.97 Å². The van der Waals surface area contributed by atoms with Crippen molar-refractivity contribution in [3.05, 3.63) is 41.1 Å². The highest BCUT2D eigenvalue weighted by molar-refractivity contribution is 9.10. The number of nitrogens with one attached hydrogen (secondary N) is 1. The zero-order valence-corrected chi connectivity index (χ0v) is 12.5. The van der Waals surface area contributed by atoms with Gasteiger partial charge in [-0.3, -0.25) is 4.79 Å². The molecule has 1 aromatic heterocycles. The Bertz CT molecular complexity index is 602. The average molecular weight is 336 g/mol. The van der Waals surface area contributed by atoms with Crippen molar-refractivity contribution in [2.75, 3.05) is 5.32 Å². The number of halogens is 1. The topological polar surface area (TPSA) is 75.1 Å². The molecule has 0 fully saturated rings. The summed E-state index contributed by atoms with van der Waals surface area (Å²) in [6, 6.07) is 7.60. The van der Waals surface area contributed by atoms with Crippen molar-refractivity contribution < 1.29 is 9.90 Å². The van der Waals surface area contributed by atoms with Crippen LogP contribution < -0.4 is 5.32 Å². The van der Waals surface area contributed by atoms with Gasteiger partial charge in [-0.1, -0.05) is 34.1 Å². The highest BCUT2D eigenvalue weighted by Crippen LogP contribution is 2.26. The third kappa shape index (κ3) is 3.77. The summed E-state index contributed by atoms with van der Waals surface area (Å²) in [6.45, 7) is 1.78. The third-order valence-electron chi connectivity index (χ3n) is 2.69. The van der Waals surface area contributed by atoms with E-state index in [2.05, 4.69) is 31.2 Å². The number of nitrogens with zero attached hydrogens (tertiary/aromatic N) is 2. The summed E-state index contributed by atoms with van der Waals surface area (Å²) < 4.78 is 0.976. The van der Waals surface area contributed by atoms with Crippen LogP contribution >= 0.6 is 15.9 Å². The Kier molecular flexibility index (Phi) is 4.68. The predicted molar refractivity (Wildman–Crippen MR) is 80.5 cm³/mol. The Balaban J connectivity index is 2.11. The lowest BCUT2D eigenvalue weighted by Gasteiger charge is -2.11. The molecule has 2 aromatic rings. The fourth-order valence-corrected chi connectivity index (χ4v) is 2.28. The summed E-state index contributed by atoms with van der Waals surface area (Å²) in [5, 5.41) is 11.7. The molecule has 0 aliphatic carbocycles. The maximum atomic E-state index is 10.6. The Morgan fingerprint density at radius 1 is 1.35 bits per heavy atom. The molecule has 6 heteroatoms. The van der Waals surface area contributed by atoms with Crippen molar-refractivity contribution in [3.8, 4) is 11.1 Å². The fraction of sp³-hybridized carbons (Fsp3) is 0.214. The number of anilines is 1. The monoisotopic (exact) mass is 335 g/mol. The summed E-state index contributed by atoms with van der Waals surface area (Å²) in [7, 11) is 0. The molecule has 0 aliphatic rings. The summed E-state index contributed by atoms with van der Waals surface area (Å²) in [5.74, 6) is -0.426. The average Bonchev–Trinajstić information content (AvgIpc) is 2.39. The van der Waals surface area contributed by atoms with E-state index in [9.17, 15) is 4.79 Å². The highest BCUT2D eigenvalue weighted by Gasteiger charge is 2.09. The van der Waals surface area contributed by atoms with E-state index in [0.29, 0.717) is 5.95 Å². The molecule has 104 valence electrons. The molecule has 0 spiro atoms. The van der Waals surface area contributed by atoms with E-state index in [-0.39, 0.29) is 12.5 Å². The molecular weight excluding hydrogens is 322 g/mol. The molecule has 0 saturated carbocycles. The van der Waals surface area contributed by atoms with Gasteiger partial charge in [-0.05, 0) is 18.6 Å². The van der Waals surface area contributed by atoms with Crippen LogP contribution in [0.25, 0.3) is 11.1 Å². The van der Waals surface area contributed by atoms with E-state index in [1.807, 2.05) is 24.3 Å². The second kappa shape index (κ2) is 6.47. The molecule has 2 rings (SSSR count).